The molecule has 1 aliphatic carbocycles. The Bertz CT molecular complexity index is 341. The average Bonchev–Trinajstić information content (AvgIpc) is 2.41. The molecule has 0 N–H and O–H groups in total. The molecule has 0 bridgehead atoms. The molecule has 1 fully saturated rings. The molecule has 0 atom stereocenters. The summed E-state index contributed by atoms with van der Waals surface area (Å²) in [6.07, 6.45) is 8.15. The Labute approximate surface area is 113 Å². The second kappa shape index (κ2) is 6.53. The Morgan fingerprint density at radius 2 is 1.72 bits per heavy atom. The summed E-state index contributed by atoms with van der Waals surface area (Å²) in [5.74, 6) is 0. The van der Waals surface area contributed by atoms with Crippen LogP contribution >= 0.6 is 0 Å². The molecular weight excluding hydrogens is 236 g/mol. The minimum atomic E-state index is -1.46. The van der Waals surface area contributed by atoms with Crippen LogP contribution in [-0.2, 0) is 10.8 Å². The van der Waals surface area contributed by atoms with E-state index in [0.29, 0.717) is 0 Å². The van der Waals surface area contributed by atoms with Crippen LogP contribution in [0, 0.1) is 0 Å². The van der Waals surface area contributed by atoms with Crippen molar-refractivity contribution >= 4 is 8.32 Å². The first kappa shape index (κ1) is 13.8. The van der Waals surface area contributed by atoms with Crippen molar-refractivity contribution in [1.29, 1.82) is 0 Å². The highest BCUT2D eigenvalue weighted by Gasteiger charge is 2.34. The summed E-state index contributed by atoms with van der Waals surface area (Å²) in [7, 11) is -1.46. The molecule has 0 radical (unpaired) electrons. The lowest BCUT2D eigenvalue weighted by atomic mass is 10.0. The molecule has 1 aromatic rings. The van der Waals surface area contributed by atoms with Gasteiger partial charge < -0.3 is 4.43 Å². The zero-order valence-electron chi connectivity index (χ0n) is 11.8. The van der Waals surface area contributed by atoms with Gasteiger partial charge in [0, 0.05) is 6.61 Å². The second-order valence-electron chi connectivity index (χ2n) is 6.02. The molecule has 0 saturated heterocycles. The summed E-state index contributed by atoms with van der Waals surface area (Å²) in [4.78, 5) is 0. The molecule has 1 aliphatic rings. The zero-order chi connectivity index (χ0) is 12.8. The molecule has 18 heavy (non-hydrogen) atoms. The van der Waals surface area contributed by atoms with Gasteiger partial charge in [-0.3, -0.25) is 0 Å². The maximum Gasteiger partial charge on any atom is 0.189 e. The van der Waals surface area contributed by atoms with Gasteiger partial charge in [0.2, 0.25) is 0 Å². The van der Waals surface area contributed by atoms with Crippen LogP contribution in [0.2, 0.25) is 18.6 Å². The normalized spacial score (nSPS) is 17.9. The third kappa shape index (κ3) is 3.96. The summed E-state index contributed by atoms with van der Waals surface area (Å²) in [6, 6.07) is 10.7. The number of hydrogen-bond acceptors (Lipinski definition) is 1. The molecule has 100 valence electrons. The van der Waals surface area contributed by atoms with Crippen molar-refractivity contribution < 1.29 is 4.43 Å². The quantitative estimate of drug-likeness (QED) is 0.694. The molecule has 1 saturated carbocycles. The average molecular weight is 262 g/mol. The SMILES string of the molecule is C[Si](C)(OCCc1ccccc1)C1CCCCC1. The summed E-state index contributed by atoms with van der Waals surface area (Å²) < 4.78 is 6.31. The van der Waals surface area contributed by atoms with E-state index in [4.69, 9.17) is 4.43 Å². The Balaban J connectivity index is 1.77. The third-order valence-corrected chi connectivity index (χ3v) is 7.79. The third-order valence-electron chi connectivity index (χ3n) is 4.30. The van der Waals surface area contributed by atoms with Crippen molar-refractivity contribution in [3.63, 3.8) is 0 Å². The number of rotatable bonds is 5. The van der Waals surface area contributed by atoms with E-state index in [1.165, 1.54) is 37.7 Å². The molecule has 2 rings (SSSR count). The number of hydrogen-bond donors (Lipinski definition) is 0. The van der Waals surface area contributed by atoms with Crippen molar-refractivity contribution in [2.75, 3.05) is 6.61 Å². The van der Waals surface area contributed by atoms with E-state index in [1.54, 1.807) is 0 Å². The molecule has 0 amide bonds. The maximum absolute atomic E-state index is 6.31. The minimum absolute atomic E-state index is 0.891. The molecule has 0 spiro atoms. The van der Waals surface area contributed by atoms with E-state index < -0.39 is 8.32 Å². The fourth-order valence-corrected chi connectivity index (χ4v) is 5.65. The van der Waals surface area contributed by atoms with Crippen LogP contribution in [0.1, 0.15) is 37.7 Å². The highest BCUT2D eigenvalue weighted by Crippen LogP contribution is 2.37. The lowest BCUT2D eigenvalue weighted by Crippen LogP contribution is -2.38. The first-order valence-electron chi connectivity index (χ1n) is 7.36. The summed E-state index contributed by atoms with van der Waals surface area (Å²) in [6.45, 7) is 5.72. The van der Waals surface area contributed by atoms with Gasteiger partial charge in [-0.05, 0) is 30.6 Å². The molecule has 0 heterocycles. The van der Waals surface area contributed by atoms with Gasteiger partial charge in [0.25, 0.3) is 0 Å². The Morgan fingerprint density at radius 1 is 1.06 bits per heavy atom. The van der Waals surface area contributed by atoms with Gasteiger partial charge in [0.05, 0.1) is 0 Å². The van der Waals surface area contributed by atoms with Crippen LogP contribution in [0.3, 0.4) is 0 Å². The monoisotopic (exact) mass is 262 g/mol. The van der Waals surface area contributed by atoms with E-state index in [1.807, 2.05) is 0 Å². The van der Waals surface area contributed by atoms with Crippen molar-refractivity contribution in [3.05, 3.63) is 35.9 Å². The Hall–Kier alpha value is -0.603. The lowest BCUT2D eigenvalue weighted by Gasteiger charge is -2.34. The van der Waals surface area contributed by atoms with Crippen molar-refractivity contribution in [2.45, 2.75) is 57.2 Å². The van der Waals surface area contributed by atoms with E-state index >= 15 is 0 Å². The van der Waals surface area contributed by atoms with Crippen molar-refractivity contribution in [1.82, 2.24) is 0 Å². The predicted octanol–water partition coefficient (Wildman–Crippen LogP) is 4.79. The Kier molecular flexibility index (Phi) is 5.01. The van der Waals surface area contributed by atoms with Gasteiger partial charge in [-0.15, -0.1) is 0 Å². The maximum atomic E-state index is 6.31. The first-order chi connectivity index (χ1) is 8.68. The summed E-state index contributed by atoms with van der Waals surface area (Å²) in [5, 5.41) is 0. The lowest BCUT2D eigenvalue weighted by molar-refractivity contribution is 0.291. The molecular formula is C16H26OSi. The summed E-state index contributed by atoms with van der Waals surface area (Å²) in [5.41, 5.74) is 2.29. The topological polar surface area (TPSA) is 9.23 Å². The van der Waals surface area contributed by atoms with Crippen LogP contribution in [0.4, 0.5) is 0 Å². The van der Waals surface area contributed by atoms with E-state index in [2.05, 4.69) is 43.4 Å². The standard InChI is InChI=1S/C16H26OSi/c1-18(2,16-11-7-4-8-12-16)17-14-13-15-9-5-3-6-10-15/h3,5-6,9-10,16H,4,7-8,11-14H2,1-2H3. The molecule has 0 unspecified atom stereocenters. The largest absolute Gasteiger partial charge is 0.417 e. The van der Waals surface area contributed by atoms with Gasteiger partial charge in [0.1, 0.15) is 0 Å². The van der Waals surface area contributed by atoms with Gasteiger partial charge in [0.15, 0.2) is 8.32 Å². The van der Waals surface area contributed by atoms with E-state index in [0.717, 1.165) is 18.6 Å². The molecule has 0 aliphatic heterocycles. The van der Waals surface area contributed by atoms with Gasteiger partial charge >= 0.3 is 0 Å². The van der Waals surface area contributed by atoms with E-state index in [-0.39, 0.29) is 0 Å². The molecule has 1 nitrogen and oxygen atoms in total. The van der Waals surface area contributed by atoms with Gasteiger partial charge in [-0.1, -0.05) is 62.4 Å². The summed E-state index contributed by atoms with van der Waals surface area (Å²) >= 11 is 0. The van der Waals surface area contributed by atoms with Crippen molar-refractivity contribution in [2.24, 2.45) is 0 Å². The predicted molar refractivity (Wildman–Crippen MR) is 80.4 cm³/mol. The van der Waals surface area contributed by atoms with E-state index in [9.17, 15) is 0 Å². The van der Waals surface area contributed by atoms with Crippen LogP contribution in [-0.4, -0.2) is 14.9 Å². The van der Waals surface area contributed by atoms with Gasteiger partial charge in [-0.2, -0.15) is 0 Å². The molecule has 2 heteroatoms. The highest BCUT2D eigenvalue weighted by molar-refractivity contribution is 6.72. The smallest absolute Gasteiger partial charge is 0.189 e. The molecule has 1 aromatic carbocycles. The molecule has 0 aromatic heterocycles. The fraction of sp³-hybridized carbons (Fsp3) is 0.625. The van der Waals surface area contributed by atoms with Crippen LogP contribution < -0.4 is 0 Å². The van der Waals surface area contributed by atoms with Crippen LogP contribution in [0.25, 0.3) is 0 Å². The number of benzene rings is 1. The Morgan fingerprint density at radius 3 is 2.39 bits per heavy atom. The van der Waals surface area contributed by atoms with Crippen LogP contribution in [0.15, 0.2) is 30.3 Å². The highest BCUT2D eigenvalue weighted by atomic mass is 28.4. The van der Waals surface area contributed by atoms with Crippen molar-refractivity contribution in [3.8, 4) is 0 Å². The first-order valence-corrected chi connectivity index (χ1v) is 10.3. The second-order valence-corrected chi connectivity index (χ2v) is 10.3. The minimum Gasteiger partial charge on any atom is -0.417 e. The van der Waals surface area contributed by atoms with Gasteiger partial charge in [-0.25, -0.2) is 0 Å². The zero-order valence-corrected chi connectivity index (χ0v) is 12.8. The van der Waals surface area contributed by atoms with Crippen LogP contribution in [0.5, 0.6) is 0 Å². The fourth-order valence-electron chi connectivity index (χ4n) is 2.99.